The van der Waals surface area contributed by atoms with Crippen molar-refractivity contribution in [1.82, 2.24) is 0 Å². The van der Waals surface area contributed by atoms with E-state index in [-0.39, 0.29) is 18.4 Å². The summed E-state index contributed by atoms with van der Waals surface area (Å²) in [6.07, 6.45) is 7.46. The van der Waals surface area contributed by atoms with Gasteiger partial charge < -0.3 is 14.5 Å². The van der Waals surface area contributed by atoms with Crippen LogP contribution in [0.1, 0.15) is 43.2 Å². The van der Waals surface area contributed by atoms with Gasteiger partial charge >= 0.3 is 5.97 Å². The van der Waals surface area contributed by atoms with Gasteiger partial charge in [-0.25, -0.2) is 9.18 Å². The monoisotopic (exact) mass is 548 g/mol. The standard InChI is InChI=1S/C32H34ClFN2O3/c1-35(2)28-14-12-23(13-15-28)25-10-11-26(30(33)19-25)21-36(32(38)24-7-5-4-6-8-24)29-18-22(17-27(34)20-29)9-16-31(37)39-3/h9-20,24H,4-8,21H2,1-3H3/b16-9+. The molecule has 0 aliphatic heterocycles. The summed E-state index contributed by atoms with van der Waals surface area (Å²) in [6, 6.07) is 18.4. The topological polar surface area (TPSA) is 49.9 Å². The molecule has 3 aromatic rings. The van der Waals surface area contributed by atoms with E-state index in [9.17, 15) is 14.0 Å². The van der Waals surface area contributed by atoms with Crippen molar-refractivity contribution in [2.75, 3.05) is 31.0 Å². The van der Waals surface area contributed by atoms with Crippen LogP contribution in [0.2, 0.25) is 5.02 Å². The fourth-order valence-electron chi connectivity index (χ4n) is 4.92. The number of ether oxygens (including phenoxy) is 1. The Morgan fingerprint density at radius 1 is 0.949 bits per heavy atom. The average Bonchev–Trinajstić information content (AvgIpc) is 2.95. The molecular weight excluding hydrogens is 515 g/mol. The lowest BCUT2D eigenvalue weighted by molar-refractivity contribution is -0.134. The van der Waals surface area contributed by atoms with Crippen molar-refractivity contribution in [1.29, 1.82) is 0 Å². The van der Waals surface area contributed by atoms with Crippen LogP contribution in [0.25, 0.3) is 17.2 Å². The summed E-state index contributed by atoms with van der Waals surface area (Å²) in [5.74, 6) is -1.20. The molecule has 0 atom stereocenters. The molecule has 1 fully saturated rings. The van der Waals surface area contributed by atoms with E-state index < -0.39 is 11.8 Å². The third kappa shape index (κ3) is 7.27. The van der Waals surface area contributed by atoms with Gasteiger partial charge in [-0.15, -0.1) is 0 Å². The third-order valence-corrected chi connectivity index (χ3v) is 7.50. The molecule has 0 unspecified atom stereocenters. The van der Waals surface area contributed by atoms with Crippen molar-refractivity contribution >= 4 is 40.9 Å². The highest BCUT2D eigenvalue weighted by molar-refractivity contribution is 6.31. The van der Waals surface area contributed by atoms with Crippen molar-refractivity contribution in [3.63, 3.8) is 0 Å². The number of esters is 1. The molecule has 39 heavy (non-hydrogen) atoms. The van der Waals surface area contributed by atoms with E-state index in [1.165, 1.54) is 31.4 Å². The Morgan fingerprint density at radius 2 is 1.64 bits per heavy atom. The highest BCUT2D eigenvalue weighted by atomic mass is 35.5. The molecule has 204 valence electrons. The van der Waals surface area contributed by atoms with E-state index in [0.717, 1.165) is 54.5 Å². The first-order chi connectivity index (χ1) is 18.7. The van der Waals surface area contributed by atoms with Crippen LogP contribution in [0.15, 0.2) is 66.7 Å². The number of amides is 1. The summed E-state index contributed by atoms with van der Waals surface area (Å²) in [6.45, 7) is 0.206. The van der Waals surface area contributed by atoms with Gasteiger partial charge in [0.25, 0.3) is 0 Å². The van der Waals surface area contributed by atoms with E-state index >= 15 is 0 Å². The zero-order valence-corrected chi connectivity index (χ0v) is 23.4. The number of benzene rings is 3. The molecule has 0 aromatic heterocycles. The van der Waals surface area contributed by atoms with Crippen molar-refractivity contribution in [2.24, 2.45) is 5.92 Å². The number of halogens is 2. The molecular formula is C32H34ClFN2O3. The van der Waals surface area contributed by atoms with E-state index in [1.807, 2.05) is 37.2 Å². The number of rotatable bonds is 8. The number of methoxy groups -OCH3 is 1. The lowest BCUT2D eigenvalue weighted by atomic mass is 9.88. The number of hydrogen-bond acceptors (Lipinski definition) is 4. The van der Waals surface area contributed by atoms with E-state index in [0.29, 0.717) is 16.3 Å². The molecule has 0 spiro atoms. The zero-order valence-electron chi connectivity index (χ0n) is 22.6. The lowest BCUT2D eigenvalue weighted by Gasteiger charge is -2.30. The number of carbonyl (C=O) groups excluding carboxylic acids is 2. The van der Waals surface area contributed by atoms with Crippen LogP contribution in [0, 0.1) is 11.7 Å². The maximum Gasteiger partial charge on any atom is 0.330 e. The maximum atomic E-state index is 14.7. The molecule has 0 radical (unpaired) electrons. The SMILES string of the molecule is COC(=O)/C=C/c1cc(F)cc(N(Cc2ccc(-c3ccc(N(C)C)cc3)cc2Cl)C(=O)C2CCCCC2)c1. The number of carbonyl (C=O) groups is 2. The van der Waals surface area contributed by atoms with Gasteiger partial charge in [-0.3, -0.25) is 4.79 Å². The summed E-state index contributed by atoms with van der Waals surface area (Å²) < 4.78 is 19.4. The van der Waals surface area contributed by atoms with Crippen LogP contribution < -0.4 is 9.80 Å². The van der Waals surface area contributed by atoms with Gasteiger partial charge in [0.05, 0.1) is 13.7 Å². The van der Waals surface area contributed by atoms with E-state index in [1.54, 1.807) is 11.0 Å². The second kappa shape index (κ2) is 12.9. The normalized spacial score (nSPS) is 13.9. The van der Waals surface area contributed by atoms with Crippen molar-refractivity contribution in [2.45, 2.75) is 38.6 Å². The summed E-state index contributed by atoms with van der Waals surface area (Å²) in [7, 11) is 5.28. The summed E-state index contributed by atoms with van der Waals surface area (Å²) in [5.41, 5.74) is 4.77. The Morgan fingerprint density at radius 3 is 2.28 bits per heavy atom. The maximum absolute atomic E-state index is 14.7. The molecule has 1 aliphatic carbocycles. The van der Waals surface area contributed by atoms with Gasteiger partial charge in [0.2, 0.25) is 5.91 Å². The van der Waals surface area contributed by atoms with Crippen molar-refractivity contribution in [3.8, 4) is 11.1 Å². The number of anilines is 2. The Bertz CT molecular complexity index is 1350. The lowest BCUT2D eigenvalue weighted by Crippen LogP contribution is -2.37. The van der Waals surface area contributed by atoms with E-state index in [4.69, 9.17) is 11.6 Å². The zero-order chi connectivity index (χ0) is 27.9. The fraction of sp³-hybridized carbons (Fsp3) is 0.312. The number of nitrogens with zero attached hydrogens (tertiary/aromatic N) is 2. The predicted octanol–water partition coefficient (Wildman–Crippen LogP) is 7.51. The summed E-state index contributed by atoms with van der Waals surface area (Å²) >= 11 is 6.76. The second-order valence-electron chi connectivity index (χ2n) is 10.1. The predicted molar refractivity (Wildman–Crippen MR) is 156 cm³/mol. The quantitative estimate of drug-likeness (QED) is 0.216. The second-order valence-corrected chi connectivity index (χ2v) is 10.5. The molecule has 7 heteroatoms. The molecule has 3 aromatic carbocycles. The van der Waals surface area contributed by atoms with Crippen LogP contribution in [0.4, 0.5) is 15.8 Å². The minimum atomic E-state index is -0.542. The average molecular weight is 549 g/mol. The summed E-state index contributed by atoms with van der Waals surface area (Å²) in [4.78, 5) is 29.0. The number of hydrogen-bond donors (Lipinski definition) is 0. The van der Waals surface area contributed by atoms with E-state index in [2.05, 4.69) is 29.0 Å². The Balaban J connectivity index is 1.66. The first kappa shape index (κ1) is 28.4. The van der Waals surface area contributed by atoms with Gasteiger partial charge in [0.15, 0.2) is 0 Å². The molecule has 5 nitrogen and oxygen atoms in total. The van der Waals surface area contributed by atoms with Gasteiger partial charge in [-0.1, -0.05) is 55.1 Å². The van der Waals surface area contributed by atoms with Crippen molar-refractivity contribution < 1.29 is 18.7 Å². The van der Waals surface area contributed by atoms with Gasteiger partial charge in [-0.2, -0.15) is 0 Å². The molecule has 1 aliphatic rings. The van der Waals surface area contributed by atoms with Crippen molar-refractivity contribution in [3.05, 3.63) is 88.7 Å². The molecule has 1 saturated carbocycles. The van der Waals surface area contributed by atoms with Gasteiger partial charge in [0, 0.05) is 42.5 Å². The summed E-state index contributed by atoms with van der Waals surface area (Å²) in [5, 5.41) is 0.535. The smallest absolute Gasteiger partial charge is 0.330 e. The first-order valence-electron chi connectivity index (χ1n) is 13.2. The van der Waals surface area contributed by atoms with Crippen LogP contribution >= 0.6 is 11.6 Å². The molecule has 0 heterocycles. The minimum absolute atomic E-state index is 0.0392. The van der Waals surface area contributed by atoms with Crippen LogP contribution in [0.5, 0.6) is 0 Å². The van der Waals surface area contributed by atoms with Crippen LogP contribution in [-0.2, 0) is 20.9 Å². The third-order valence-electron chi connectivity index (χ3n) is 7.15. The minimum Gasteiger partial charge on any atom is -0.466 e. The van der Waals surface area contributed by atoms with Crippen LogP contribution in [0.3, 0.4) is 0 Å². The highest BCUT2D eigenvalue weighted by Gasteiger charge is 2.28. The first-order valence-corrected chi connectivity index (χ1v) is 13.6. The molecule has 0 bridgehead atoms. The highest BCUT2D eigenvalue weighted by Crippen LogP contribution is 2.33. The fourth-order valence-corrected chi connectivity index (χ4v) is 5.16. The largest absolute Gasteiger partial charge is 0.466 e. The Labute approximate surface area is 234 Å². The Kier molecular flexibility index (Phi) is 9.41. The molecule has 0 saturated heterocycles. The van der Waals surface area contributed by atoms with Crippen LogP contribution in [-0.4, -0.2) is 33.1 Å². The molecule has 0 N–H and O–H groups in total. The van der Waals surface area contributed by atoms with Gasteiger partial charge in [-0.05, 0) is 77.6 Å². The molecule has 1 amide bonds. The molecule has 4 rings (SSSR count). The van der Waals surface area contributed by atoms with Gasteiger partial charge in [0.1, 0.15) is 5.82 Å². The Hall–Kier alpha value is -3.64.